The normalized spacial score (nSPS) is 20.8. The van der Waals surface area contributed by atoms with Crippen LogP contribution in [-0.4, -0.2) is 137 Å². The maximum Gasteiger partial charge on any atom is 0.437 e. The van der Waals surface area contributed by atoms with Gasteiger partial charge in [0.1, 0.15) is 46.4 Å². The number of esters is 2. The number of amides is 3. The van der Waals surface area contributed by atoms with Gasteiger partial charge in [-0.2, -0.15) is 26.3 Å². The molecule has 24 heteroatoms. The van der Waals surface area contributed by atoms with Crippen LogP contribution in [0.25, 0.3) is 10.9 Å². The lowest BCUT2D eigenvalue weighted by atomic mass is 9.87. The molecule has 0 saturated carbocycles. The van der Waals surface area contributed by atoms with Gasteiger partial charge < -0.3 is 53.4 Å². The SMILES string of the molecule is C=CCCCCC[C@H](C)C(=O)N1C[C@@]2(CCc3c(c(C(F)(F)F)nc4ccc(OCCCOC)cc34)O2)C[C@H]1C(=O)OC.C=CCCCCC[C@H](NC(=O)OC(C)(C)C)C(=O)N1C[C@@]2(CCc3c(O)cnc(C(F)(F)F)c3O2)C[C@H]1C(=O)OC. The van der Waals surface area contributed by atoms with Gasteiger partial charge in [0.2, 0.25) is 11.8 Å². The molecule has 2 fully saturated rings. The predicted octanol–water partition coefficient (Wildman–Crippen LogP) is 11.0. The molecule has 18 nitrogen and oxygen atoms in total. The van der Waals surface area contributed by atoms with Crippen molar-refractivity contribution in [2.24, 2.45) is 5.92 Å². The highest BCUT2D eigenvalue weighted by atomic mass is 19.4. The molecular weight excluding hydrogens is 1110 g/mol. The van der Waals surface area contributed by atoms with Crippen LogP contribution in [0.4, 0.5) is 31.1 Å². The number of aryl methyl sites for hydroxylation is 1. The summed E-state index contributed by atoms with van der Waals surface area (Å²) in [5.41, 5.74) is -5.27. The number of carbonyl (C=O) groups is 5. The number of unbranched alkanes of at least 4 members (excludes halogenated alkanes) is 6. The Bertz CT molecular complexity index is 2840. The third-order valence-corrected chi connectivity index (χ3v) is 15.4. The molecule has 6 atom stereocenters. The van der Waals surface area contributed by atoms with Crippen molar-refractivity contribution in [1.29, 1.82) is 0 Å². The molecule has 2 N–H and O–H groups in total. The number of likely N-dealkylation sites (tertiary alicyclic amines) is 2. The van der Waals surface area contributed by atoms with Crippen LogP contribution in [0.15, 0.2) is 49.7 Å². The summed E-state index contributed by atoms with van der Waals surface area (Å²) in [6.45, 7) is 14.9. The molecule has 2 spiro atoms. The monoisotopic (exact) mass is 1190 g/mol. The third-order valence-electron chi connectivity index (χ3n) is 15.4. The van der Waals surface area contributed by atoms with E-state index in [1.807, 2.05) is 13.0 Å². The molecule has 0 unspecified atom stereocenters. The zero-order valence-corrected chi connectivity index (χ0v) is 48.9. The van der Waals surface area contributed by atoms with Gasteiger partial charge in [0, 0.05) is 55.4 Å². The maximum absolute atomic E-state index is 14.3. The molecule has 0 radical (unpaired) electrons. The average Bonchev–Trinajstić information content (AvgIpc) is 2.25. The van der Waals surface area contributed by atoms with E-state index in [1.165, 1.54) is 23.0 Å². The fourth-order valence-corrected chi connectivity index (χ4v) is 11.2. The first-order valence-corrected chi connectivity index (χ1v) is 28.4. The molecule has 1 aromatic carbocycles. The smallest absolute Gasteiger partial charge is 0.437 e. The first-order valence-electron chi connectivity index (χ1n) is 28.4. The first kappa shape index (κ1) is 66.3. The zero-order chi connectivity index (χ0) is 61.8. The molecule has 4 aliphatic rings. The molecule has 3 amide bonds. The fourth-order valence-electron chi connectivity index (χ4n) is 11.2. The van der Waals surface area contributed by atoms with Crippen molar-refractivity contribution in [3.8, 4) is 23.0 Å². The van der Waals surface area contributed by atoms with E-state index in [0.29, 0.717) is 55.6 Å². The van der Waals surface area contributed by atoms with E-state index in [-0.39, 0.29) is 80.3 Å². The summed E-state index contributed by atoms with van der Waals surface area (Å²) < 4.78 is 123. The molecule has 4 aliphatic heterocycles. The quantitative estimate of drug-likeness (QED) is 0.0315. The van der Waals surface area contributed by atoms with Crippen molar-refractivity contribution in [2.45, 2.75) is 184 Å². The van der Waals surface area contributed by atoms with Crippen LogP contribution >= 0.6 is 0 Å². The van der Waals surface area contributed by atoms with E-state index < -0.39 is 94.1 Å². The number of halogens is 6. The molecule has 6 heterocycles. The van der Waals surface area contributed by atoms with Crippen molar-refractivity contribution in [3.63, 3.8) is 0 Å². The number of aromatic nitrogens is 2. The lowest BCUT2D eigenvalue weighted by Gasteiger charge is -2.37. The number of nitrogens with one attached hydrogen (secondary N) is 1. The maximum atomic E-state index is 14.3. The Morgan fingerprint density at radius 3 is 1.85 bits per heavy atom. The average molecular weight is 1190 g/mol. The van der Waals surface area contributed by atoms with E-state index >= 15 is 0 Å². The molecule has 84 heavy (non-hydrogen) atoms. The summed E-state index contributed by atoms with van der Waals surface area (Å²) in [7, 11) is 3.98. The summed E-state index contributed by atoms with van der Waals surface area (Å²) in [5, 5.41) is 13.3. The number of alkyl halides is 6. The van der Waals surface area contributed by atoms with E-state index in [0.717, 1.165) is 58.3 Å². The number of fused-ring (bicyclic) bond motifs is 4. The number of benzene rings is 1. The molecule has 464 valence electrons. The van der Waals surface area contributed by atoms with E-state index in [4.69, 9.17) is 33.2 Å². The van der Waals surface area contributed by atoms with Crippen LogP contribution in [0, 0.1) is 5.92 Å². The number of ether oxygens (including phenoxy) is 7. The lowest BCUT2D eigenvalue weighted by molar-refractivity contribution is -0.152. The van der Waals surface area contributed by atoms with Crippen molar-refractivity contribution in [3.05, 3.63) is 72.2 Å². The van der Waals surface area contributed by atoms with Crippen LogP contribution in [0.5, 0.6) is 23.0 Å². The summed E-state index contributed by atoms with van der Waals surface area (Å²) >= 11 is 0. The van der Waals surface area contributed by atoms with Crippen LogP contribution in [0.2, 0.25) is 0 Å². The van der Waals surface area contributed by atoms with Gasteiger partial charge >= 0.3 is 30.4 Å². The minimum Gasteiger partial charge on any atom is -0.506 e. The number of hydrogen-bond acceptors (Lipinski definition) is 15. The Morgan fingerprint density at radius 2 is 1.31 bits per heavy atom. The van der Waals surface area contributed by atoms with Gasteiger partial charge in [0.05, 0.1) is 45.6 Å². The summed E-state index contributed by atoms with van der Waals surface area (Å²) in [6, 6.07) is 1.62. The van der Waals surface area contributed by atoms with Gasteiger partial charge in [-0.25, -0.2) is 24.4 Å². The van der Waals surface area contributed by atoms with E-state index in [1.54, 1.807) is 46.1 Å². The van der Waals surface area contributed by atoms with Gasteiger partial charge in [0.25, 0.3) is 0 Å². The number of allylic oxidation sites excluding steroid dienone is 2. The van der Waals surface area contributed by atoms with Gasteiger partial charge in [0.15, 0.2) is 22.9 Å². The molecule has 0 bridgehead atoms. The Balaban J connectivity index is 0.000000270. The molecule has 2 aromatic heterocycles. The van der Waals surface area contributed by atoms with Crippen molar-refractivity contribution in [1.82, 2.24) is 25.1 Å². The molecule has 7 rings (SSSR count). The van der Waals surface area contributed by atoms with Crippen LogP contribution in [0.1, 0.15) is 147 Å². The molecule has 3 aromatic rings. The highest BCUT2D eigenvalue weighted by molar-refractivity contribution is 5.91. The lowest BCUT2D eigenvalue weighted by Crippen LogP contribution is -2.53. The molecular formula is C60H79F6N5O13. The van der Waals surface area contributed by atoms with Gasteiger partial charge in [-0.15, -0.1) is 13.2 Å². The van der Waals surface area contributed by atoms with Gasteiger partial charge in [-0.05, 0) is 103 Å². The standard InChI is InChI=1S/C32H41F3N2O6.C28H38F3N3O7/c1-5-6-7-8-9-11-21(2)29(38)37-20-31(19-26(37)30(39)41-4)15-14-23-24-18-22(42-17-10-16-40-3)12-13-25(24)36-28(27(23)43-31)32(33,34)35;1-6-7-8-9-10-11-18(33-25(38)41-26(2,3)4)23(36)34-16-27(14-19(34)24(37)39-5)13-12-17-20(35)15-32-22(21(17)40-27)28(29,30)31/h5,12-13,18,21,26H,1,6-11,14-17,19-20H2,2-4H3;6,15,18-19,35H,1,7-14,16H2,2-5H3,(H,33,38)/t21-,26-,31+;18-,19-,27+/m00/s1. The van der Waals surface area contributed by atoms with E-state index in [9.17, 15) is 55.4 Å². The van der Waals surface area contributed by atoms with Crippen LogP contribution < -0.4 is 19.5 Å². The second kappa shape index (κ2) is 28.4. The topological polar surface area (TPSA) is 214 Å². The highest BCUT2D eigenvalue weighted by Gasteiger charge is 2.56. The summed E-state index contributed by atoms with van der Waals surface area (Å²) in [4.78, 5) is 75.7. The number of carbonyl (C=O) groups excluding carboxylic acids is 5. The zero-order valence-electron chi connectivity index (χ0n) is 48.9. The Kier molecular flexibility index (Phi) is 22.4. The predicted molar refractivity (Wildman–Crippen MR) is 296 cm³/mol. The number of hydrogen-bond donors (Lipinski definition) is 2. The Morgan fingerprint density at radius 1 is 0.762 bits per heavy atom. The largest absolute Gasteiger partial charge is 0.506 e. The van der Waals surface area contributed by atoms with Crippen LogP contribution in [0.3, 0.4) is 0 Å². The van der Waals surface area contributed by atoms with E-state index in [2.05, 4.69) is 28.4 Å². The Labute approximate surface area is 485 Å². The molecule has 2 saturated heterocycles. The van der Waals surface area contributed by atoms with Crippen molar-refractivity contribution < 1.29 is 88.6 Å². The minimum atomic E-state index is -4.86. The summed E-state index contributed by atoms with van der Waals surface area (Å²) in [5.74, 6) is -3.47. The number of alkyl carbamates (subject to hydrolysis) is 1. The molecule has 0 aliphatic carbocycles. The van der Waals surface area contributed by atoms with Crippen molar-refractivity contribution in [2.75, 3.05) is 47.6 Å². The second-order valence-corrected chi connectivity index (χ2v) is 22.9. The summed E-state index contributed by atoms with van der Waals surface area (Å²) in [6.07, 6.45) is 2.72. The Hall–Kier alpha value is -6.85. The number of rotatable bonds is 22. The minimum absolute atomic E-state index is 0.00554. The fraction of sp³-hybridized carbons (Fsp3) is 0.617. The highest BCUT2D eigenvalue weighted by Crippen LogP contribution is 2.51. The van der Waals surface area contributed by atoms with Gasteiger partial charge in [-0.1, -0.05) is 44.8 Å². The first-order chi connectivity index (χ1) is 39.6. The van der Waals surface area contributed by atoms with Gasteiger partial charge in [-0.3, -0.25) is 9.59 Å². The van der Waals surface area contributed by atoms with Crippen LogP contribution in [-0.2, 0) is 63.3 Å². The number of methoxy groups -OCH3 is 3. The third kappa shape index (κ3) is 16.5. The van der Waals surface area contributed by atoms with Crippen molar-refractivity contribution >= 4 is 40.7 Å². The second-order valence-electron chi connectivity index (χ2n) is 22.9. The number of nitrogens with zero attached hydrogens (tertiary/aromatic N) is 4. The number of aromatic hydroxyl groups is 1. The number of pyridine rings is 2.